The Labute approximate surface area is 142 Å². The van der Waals surface area contributed by atoms with Crippen LogP contribution in [0.15, 0.2) is 53.1 Å². The summed E-state index contributed by atoms with van der Waals surface area (Å²) in [5.74, 6) is 0.566. The molecule has 0 aliphatic heterocycles. The first kappa shape index (κ1) is 17.7. The molecule has 0 aromatic heterocycles. The van der Waals surface area contributed by atoms with Crippen molar-refractivity contribution >= 4 is 0 Å². The van der Waals surface area contributed by atoms with E-state index < -0.39 is 0 Å². The SMILES string of the molecule is C.CCC1Cc2cc(C)ccc2CC2=CC(C)=CC(C)(N)C=C21. The van der Waals surface area contributed by atoms with Gasteiger partial charge in [0.1, 0.15) is 0 Å². The summed E-state index contributed by atoms with van der Waals surface area (Å²) in [6, 6.07) is 6.92. The van der Waals surface area contributed by atoms with Gasteiger partial charge in [-0.2, -0.15) is 0 Å². The Balaban J connectivity index is 0.00000192. The number of benzene rings is 1. The Hall–Kier alpha value is -1.60. The van der Waals surface area contributed by atoms with Crippen molar-refractivity contribution in [3.8, 4) is 0 Å². The summed E-state index contributed by atoms with van der Waals surface area (Å²) in [7, 11) is 0. The number of hydrogen-bond donors (Lipinski definition) is 1. The number of nitrogens with two attached hydrogens (primary N) is 1. The number of aryl methyl sites for hydroxylation is 1. The zero-order valence-electron chi connectivity index (χ0n) is 14.2. The van der Waals surface area contributed by atoms with Gasteiger partial charge in [0.15, 0.2) is 0 Å². The van der Waals surface area contributed by atoms with Gasteiger partial charge >= 0.3 is 0 Å². The van der Waals surface area contributed by atoms with Crippen LogP contribution in [0.1, 0.15) is 51.3 Å². The zero-order chi connectivity index (χ0) is 15.9. The van der Waals surface area contributed by atoms with Crippen molar-refractivity contribution in [3.63, 3.8) is 0 Å². The molecule has 124 valence electrons. The molecule has 0 heterocycles. The molecule has 0 amide bonds. The second kappa shape index (κ2) is 6.49. The molecule has 0 radical (unpaired) electrons. The number of hydrogen-bond acceptors (Lipinski definition) is 1. The Morgan fingerprint density at radius 2 is 1.91 bits per heavy atom. The van der Waals surface area contributed by atoms with E-state index in [0.29, 0.717) is 5.92 Å². The van der Waals surface area contributed by atoms with Crippen molar-refractivity contribution < 1.29 is 0 Å². The van der Waals surface area contributed by atoms with Crippen molar-refractivity contribution in [1.29, 1.82) is 0 Å². The van der Waals surface area contributed by atoms with E-state index in [4.69, 9.17) is 5.73 Å². The normalized spacial score (nSPS) is 26.5. The van der Waals surface area contributed by atoms with Crippen LogP contribution in [0.5, 0.6) is 0 Å². The molecule has 1 nitrogen and oxygen atoms in total. The van der Waals surface area contributed by atoms with Crippen molar-refractivity contribution in [2.75, 3.05) is 0 Å². The highest BCUT2D eigenvalue weighted by Crippen LogP contribution is 2.37. The average Bonchev–Trinajstić information content (AvgIpc) is 2.62. The quantitative estimate of drug-likeness (QED) is 0.750. The van der Waals surface area contributed by atoms with Gasteiger partial charge in [0.25, 0.3) is 0 Å². The second-order valence-electron chi connectivity index (χ2n) is 7.28. The highest BCUT2D eigenvalue weighted by atomic mass is 14.7. The standard InChI is InChI=1S/C21H27N.CH4/c1-5-16-10-18-8-14(2)6-7-17(18)11-19-9-15(3)12-21(4,22)13-20(16)19;/h6-9,12-13,16H,5,10-11,22H2,1-4H3;1H4. The molecule has 0 bridgehead atoms. The van der Waals surface area contributed by atoms with E-state index in [9.17, 15) is 0 Å². The third kappa shape index (κ3) is 3.67. The van der Waals surface area contributed by atoms with Crippen LogP contribution in [0.25, 0.3) is 0 Å². The van der Waals surface area contributed by atoms with E-state index in [1.54, 1.807) is 0 Å². The molecule has 1 aromatic carbocycles. The summed E-state index contributed by atoms with van der Waals surface area (Å²) >= 11 is 0. The topological polar surface area (TPSA) is 26.0 Å². The van der Waals surface area contributed by atoms with E-state index in [-0.39, 0.29) is 13.0 Å². The average molecular weight is 309 g/mol. The first-order valence-electron chi connectivity index (χ1n) is 8.38. The summed E-state index contributed by atoms with van der Waals surface area (Å²) < 4.78 is 0. The highest BCUT2D eigenvalue weighted by molar-refractivity contribution is 5.51. The minimum atomic E-state index is -0.350. The predicted octanol–water partition coefficient (Wildman–Crippen LogP) is 5.29. The lowest BCUT2D eigenvalue weighted by atomic mass is 9.85. The molecular weight excluding hydrogens is 278 g/mol. The summed E-state index contributed by atoms with van der Waals surface area (Å²) in [4.78, 5) is 0. The summed E-state index contributed by atoms with van der Waals surface area (Å²) in [5, 5.41) is 0. The third-order valence-corrected chi connectivity index (χ3v) is 4.92. The Kier molecular flexibility index (Phi) is 5.01. The van der Waals surface area contributed by atoms with E-state index in [1.807, 2.05) is 0 Å². The highest BCUT2D eigenvalue weighted by Gasteiger charge is 2.27. The number of allylic oxidation sites excluding steroid dienone is 4. The van der Waals surface area contributed by atoms with Gasteiger partial charge in [-0.25, -0.2) is 0 Å². The van der Waals surface area contributed by atoms with Crippen LogP contribution in [0.3, 0.4) is 0 Å². The van der Waals surface area contributed by atoms with Gasteiger partial charge in [0, 0.05) is 0 Å². The van der Waals surface area contributed by atoms with E-state index in [1.165, 1.54) is 33.4 Å². The van der Waals surface area contributed by atoms with Gasteiger partial charge in [0.05, 0.1) is 5.54 Å². The van der Waals surface area contributed by atoms with Gasteiger partial charge in [-0.3, -0.25) is 0 Å². The zero-order valence-corrected chi connectivity index (χ0v) is 14.2. The van der Waals surface area contributed by atoms with Gasteiger partial charge in [-0.05, 0) is 68.2 Å². The van der Waals surface area contributed by atoms with Crippen LogP contribution in [0.2, 0.25) is 0 Å². The fraction of sp³-hybridized carbons (Fsp3) is 0.455. The molecule has 2 aliphatic rings. The molecule has 0 spiro atoms. The van der Waals surface area contributed by atoms with E-state index >= 15 is 0 Å². The van der Waals surface area contributed by atoms with Crippen LogP contribution in [0, 0.1) is 12.8 Å². The molecule has 2 N–H and O–H groups in total. The van der Waals surface area contributed by atoms with Crippen LogP contribution in [0.4, 0.5) is 0 Å². The van der Waals surface area contributed by atoms with Crippen molar-refractivity contribution in [1.82, 2.24) is 0 Å². The molecule has 3 rings (SSSR count). The first-order chi connectivity index (χ1) is 10.4. The molecule has 2 unspecified atom stereocenters. The molecule has 0 saturated carbocycles. The maximum absolute atomic E-state index is 6.49. The maximum atomic E-state index is 6.49. The van der Waals surface area contributed by atoms with Crippen LogP contribution in [-0.2, 0) is 12.8 Å². The van der Waals surface area contributed by atoms with Gasteiger partial charge in [-0.1, -0.05) is 61.9 Å². The molecule has 2 aliphatic carbocycles. The molecule has 23 heavy (non-hydrogen) atoms. The minimum absolute atomic E-state index is 0. The van der Waals surface area contributed by atoms with Crippen LogP contribution in [-0.4, -0.2) is 5.54 Å². The number of fused-ring (bicyclic) bond motifs is 2. The van der Waals surface area contributed by atoms with Crippen LogP contribution >= 0.6 is 0 Å². The molecule has 0 fully saturated rings. The summed E-state index contributed by atoms with van der Waals surface area (Å²) in [6.45, 7) is 8.75. The maximum Gasteiger partial charge on any atom is 0.0507 e. The monoisotopic (exact) mass is 309 g/mol. The van der Waals surface area contributed by atoms with E-state index in [0.717, 1.165) is 19.3 Å². The summed E-state index contributed by atoms with van der Waals surface area (Å²) in [6.07, 6.45) is 10.2. The van der Waals surface area contributed by atoms with Crippen LogP contribution < -0.4 is 5.73 Å². The fourth-order valence-electron chi connectivity index (χ4n) is 3.95. The fourth-order valence-corrected chi connectivity index (χ4v) is 3.95. The predicted molar refractivity (Wildman–Crippen MR) is 102 cm³/mol. The van der Waals surface area contributed by atoms with E-state index in [2.05, 4.69) is 64.1 Å². The lowest BCUT2D eigenvalue weighted by Gasteiger charge is -2.22. The molecule has 1 heteroatoms. The van der Waals surface area contributed by atoms with Gasteiger partial charge < -0.3 is 5.73 Å². The molecule has 2 atom stereocenters. The first-order valence-corrected chi connectivity index (χ1v) is 8.38. The Morgan fingerprint density at radius 1 is 1.17 bits per heavy atom. The lowest BCUT2D eigenvalue weighted by molar-refractivity contribution is 0.587. The van der Waals surface area contributed by atoms with Crippen molar-refractivity contribution in [3.05, 3.63) is 69.8 Å². The minimum Gasteiger partial charge on any atom is -0.319 e. The lowest BCUT2D eigenvalue weighted by Crippen LogP contribution is -2.32. The number of rotatable bonds is 1. The van der Waals surface area contributed by atoms with Gasteiger partial charge in [0.2, 0.25) is 0 Å². The van der Waals surface area contributed by atoms with Crippen molar-refractivity contribution in [2.24, 2.45) is 11.7 Å². The largest absolute Gasteiger partial charge is 0.319 e. The molecular formula is C22H31N. The van der Waals surface area contributed by atoms with Gasteiger partial charge in [-0.15, -0.1) is 0 Å². The Morgan fingerprint density at radius 3 is 2.61 bits per heavy atom. The second-order valence-corrected chi connectivity index (χ2v) is 7.28. The molecule has 1 aromatic rings. The smallest absolute Gasteiger partial charge is 0.0507 e. The third-order valence-electron chi connectivity index (χ3n) is 4.92. The Bertz CT molecular complexity index is 686. The molecule has 0 saturated heterocycles. The summed E-state index contributed by atoms with van der Waals surface area (Å²) in [5.41, 5.74) is 14.7. The van der Waals surface area contributed by atoms with Crippen molar-refractivity contribution in [2.45, 2.75) is 59.9 Å².